The van der Waals surface area contributed by atoms with E-state index in [2.05, 4.69) is 24.5 Å². The summed E-state index contributed by atoms with van der Waals surface area (Å²) in [5.41, 5.74) is -0.760. The summed E-state index contributed by atoms with van der Waals surface area (Å²) < 4.78 is 0. The number of urea groups is 1. The van der Waals surface area contributed by atoms with E-state index in [9.17, 15) is 14.4 Å². The quantitative estimate of drug-likeness (QED) is 0.776. The maximum absolute atomic E-state index is 12.7. The van der Waals surface area contributed by atoms with E-state index in [0.29, 0.717) is 18.8 Å². The number of rotatable bonds is 3. The summed E-state index contributed by atoms with van der Waals surface area (Å²) in [7, 11) is 0. The Labute approximate surface area is 143 Å². The standard InChI is InChI=1S/C18H29N3O3/c1-12-3-5-14(6-4-12)19-15(22)11-21-16(23)18(20-17(21)24)9-7-13(2)8-10-18/h12-14H,3-11H2,1-2H3,(H,19,22)(H,20,24). The largest absolute Gasteiger partial charge is 0.352 e. The molecule has 2 saturated carbocycles. The van der Waals surface area contributed by atoms with Crippen molar-refractivity contribution in [2.75, 3.05) is 6.54 Å². The lowest BCUT2D eigenvalue weighted by Gasteiger charge is -2.33. The molecule has 6 nitrogen and oxygen atoms in total. The molecule has 0 bridgehead atoms. The van der Waals surface area contributed by atoms with Crippen molar-refractivity contribution >= 4 is 17.8 Å². The van der Waals surface area contributed by atoms with Gasteiger partial charge in [-0.1, -0.05) is 13.8 Å². The minimum Gasteiger partial charge on any atom is -0.352 e. The van der Waals surface area contributed by atoms with Gasteiger partial charge in [0, 0.05) is 6.04 Å². The van der Waals surface area contributed by atoms with Crippen molar-refractivity contribution in [2.45, 2.75) is 76.8 Å². The van der Waals surface area contributed by atoms with E-state index in [1.54, 1.807) is 0 Å². The van der Waals surface area contributed by atoms with Crippen molar-refractivity contribution < 1.29 is 14.4 Å². The molecule has 3 rings (SSSR count). The van der Waals surface area contributed by atoms with Gasteiger partial charge in [0.25, 0.3) is 5.91 Å². The minimum atomic E-state index is -0.760. The van der Waals surface area contributed by atoms with Gasteiger partial charge in [0.1, 0.15) is 12.1 Å². The summed E-state index contributed by atoms with van der Waals surface area (Å²) in [6, 6.07) is -0.235. The molecular formula is C18H29N3O3. The summed E-state index contributed by atoms with van der Waals surface area (Å²) >= 11 is 0. The first-order valence-electron chi connectivity index (χ1n) is 9.33. The van der Waals surface area contributed by atoms with Crippen LogP contribution in [0, 0.1) is 11.8 Å². The van der Waals surface area contributed by atoms with Crippen LogP contribution in [0.3, 0.4) is 0 Å². The maximum Gasteiger partial charge on any atom is 0.325 e. The van der Waals surface area contributed by atoms with E-state index in [1.165, 1.54) is 0 Å². The molecule has 24 heavy (non-hydrogen) atoms. The van der Waals surface area contributed by atoms with Crippen LogP contribution in [-0.2, 0) is 9.59 Å². The van der Waals surface area contributed by atoms with Gasteiger partial charge in [-0.15, -0.1) is 0 Å². The highest BCUT2D eigenvalue weighted by molar-refractivity contribution is 6.09. The Morgan fingerprint density at radius 2 is 1.67 bits per heavy atom. The highest BCUT2D eigenvalue weighted by Crippen LogP contribution is 2.36. The Morgan fingerprint density at radius 3 is 2.29 bits per heavy atom. The van der Waals surface area contributed by atoms with E-state index >= 15 is 0 Å². The number of carbonyl (C=O) groups excluding carboxylic acids is 3. The second-order valence-corrected chi connectivity index (χ2v) is 8.11. The molecule has 0 atom stereocenters. The van der Waals surface area contributed by atoms with Crippen molar-refractivity contribution in [3.05, 3.63) is 0 Å². The predicted molar refractivity (Wildman–Crippen MR) is 90.2 cm³/mol. The van der Waals surface area contributed by atoms with Crippen LogP contribution < -0.4 is 10.6 Å². The van der Waals surface area contributed by atoms with Crippen LogP contribution in [-0.4, -0.2) is 40.9 Å². The van der Waals surface area contributed by atoms with Crippen LogP contribution in [0.5, 0.6) is 0 Å². The van der Waals surface area contributed by atoms with Crippen LogP contribution in [0.4, 0.5) is 4.79 Å². The van der Waals surface area contributed by atoms with E-state index < -0.39 is 11.6 Å². The molecule has 0 aromatic rings. The van der Waals surface area contributed by atoms with Crippen molar-refractivity contribution in [1.29, 1.82) is 0 Å². The maximum atomic E-state index is 12.7. The molecule has 0 unspecified atom stereocenters. The molecule has 0 aromatic heterocycles. The zero-order chi connectivity index (χ0) is 17.3. The number of nitrogens with zero attached hydrogens (tertiary/aromatic N) is 1. The summed E-state index contributed by atoms with van der Waals surface area (Å²) in [5, 5.41) is 5.85. The van der Waals surface area contributed by atoms with Gasteiger partial charge in [-0.3, -0.25) is 14.5 Å². The molecule has 1 aliphatic heterocycles. The number of carbonyl (C=O) groups is 3. The predicted octanol–water partition coefficient (Wildman–Crippen LogP) is 2.18. The highest BCUT2D eigenvalue weighted by atomic mass is 16.2. The first-order chi connectivity index (χ1) is 11.4. The topological polar surface area (TPSA) is 78.5 Å². The Morgan fingerprint density at radius 1 is 1.08 bits per heavy atom. The molecular weight excluding hydrogens is 306 g/mol. The fourth-order valence-corrected chi connectivity index (χ4v) is 4.23. The molecule has 1 spiro atoms. The van der Waals surface area contributed by atoms with Gasteiger partial charge in [-0.2, -0.15) is 0 Å². The molecule has 3 aliphatic rings. The molecule has 2 aliphatic carbocycles. The third-order valence-corrected chi connectivity index (χ3v) is 6.06. The van der Waals surface area contributed by atoms with Gasteiger partial charge in [-0.25, -0.2) is 4.79 Å². The third-order valence-electron chi connectivity index (χ3n) is 6.06. The average Bonchev–Trinajstić information content (AvgIpc) is 2.77. The van der Waals surface area contributed by atoms with Crippen molar-refractivity contribution in [3.63, 3.8) is 0 Å². The first-order valence-corrected chi connectivity index (χ1v) is 9.33. The summed E-state index contributed by atoms with van der Waals surface area (Å²) in [6.45, 7) is 4.24. The fourth-order valence-electron chi connectivity index (χ4n) is 4.23. The molecule has 134 valence electrons. The van der Waals surface area contributed by atoms with Gasteiger partial charge >= 0.3 is 6.03 Å². The second-order valence-electron chi connectivity index (χ2n) is 8.11. The monoisotopic (exact) mass is 335 g/mol. The van der Waals surface area contributed by atoms with E-state index in [0.717, 1.165) is 49.3 Å². The Kier molecular flexibility index (Phi) is 4.83. The van der Waals surface area contributed by atoms with Crippen LogP contribution in [0.15, 0.2) is 0 Å². The van der Waals surface area contributed by atoms with Crippen LogP contribution in [0.2, 0.25) is 0 Å². The molecule has 1 heterocycles. The SMILES string of the molecule is CC1CCC(NC(=O)CN2C(=O)NC3(CCC(C)CC3)C2=O)CC1. The fraction of sp³-hybridized carbons (Fsp3) is 0.833. The normalized spacial score (nSPS) is 36.8. The smallest absolute Gasteiger partial charge is 0.325 e. The van der Waals surface area contributed by atoms with Gasteiger partial charge in [0.15, 0.2) is 0 Å². The zero-order valence-electron chi connectivity index (χ0n) is 14.8. The Bertz CT molecular complexity index is 518. The Balaban J connectivity index is 1.56. The lowest BCUT2D eigenvalue weighted by atomic mass is 9.77. The molecule has 0 aromatic carbocycles. The average molecular weight is 335 g/mol. The molecule has 6 heteroatoms. The number of amides is 4. The van der Waals surface area contributed by atoms with E-state index in [1.807, 2.05) is 0 Å². The molecule has 1 saturated heterocycles. The molecule has 3 fully saturated rings. The Hall–Kier alpha value is -1.59. The van der Waals surface area contributed by atoms with Crippen LogP contribution in [0.1, 0.15) is 65.2 Å². The van der Waals surface area contributed by atoms with Gasteiger partial charge in [0.2, 0.25) is 5.91 Å². The second kappa shape index (κ2) is 6.73. The van der Waals surface area contributed by atoms with Crippen LogP contribution in [0.25, 0.3) is 0 Å². The molecule has 0 radical (unpaired) electrons. The summed E-state index contributed by atoms with van der Waals surface area (Å²) in [5.74, 6) is 0.870. The van der Waals surface area contributed by atoms with Crippen molar-refractivity contribution in [2.24, 2.45) is 11.8 Å². The number of hydrogen-bond donors (Lipinski definition) is 2. The summed E-state index contributed by atoms with van der Waals surface area (Å²) in [4.78, 5) is 38.3. The number of imide groups is 1. The van der Waals surface area contributed by atoms with E-state index in [4.69, 9.17) is 0 Å². The zero-order valence-corrected chi connectivity index (χ0v) is 14.8. The van der Waals surface area contributed by atoms with Crippen LogP contribution >= 0.6 is 0 Å². The van der Waals surface area contributed by atoms with Gasteiger partial charge in [-0.05, 0) is 63.2 Å². The van der Waals surface area contributed by atoms with Crippen molar-refractivity contribution in [1.82, 2.24) is 15.5 Å². The minimum absolute atomic E-state index is 0.159. The lowest BCUT2D eigenvalue weighted by Crippen LogP contribution is -2.50. The first kappa shape index (κ1) is 17.2. The number of hydrogen-bond acceptors (Lipinski definition) is 3. The van der Waals surface area contributed by atoms with Gasteiger partial charge in [0.05, 0.1) is 0 Å². The lowest BCUT2D eigenvalue weighted by molar-refractivity contribution is -0.136. The molecule has 2 N–H and O–H groups in total. The van der Waals surface area contributed by atoms with Crippen molar-refractivity contribution in [3.8, 4) is 0 Å². The number of nitrogens with one attached hydrogen (secondary N) is 2. The molecule has 4 amide bonds. The highest BCUT2D eigenvalue weighted by Gasteiger charge is 2.52. The van der Waals surface area contributed by atoms with Gasteiger partial charge < -0.3 is 10.6 Å². The summed E-state index contributed by atoms with van der Waals surface area (Å²) in [6.07, 6.45) is 7.43. The van der Waals surface area contributed by atoms with E-state index in [-0.39, 0.29) is 24.4 Å². The third kappa shape index (κ3) is 3.42.